The van der Waals surface area contributed by atoms with Crippen LogP contribution < -0.4 is 20.7 Å². The molecule has 1 aliphatic carbocycles. The van der Waals surface area contributed by atoms with Crippen molar-refractivity contribution in [2.45, 2.75) is 64.0 Å². The third kappa shape index (κ3) is 4.20. The minimum atomic E-state index is -0.717. The van der Waals surface area contributed by atoms with Crippen LogP contribution in [0, 0.1) is 0 Å². The van der Waals surface area contributed by atoms with Crippen LogP contribution in [0.1, 0.15) is 75.1 Å². The molecule has 1 fully saturated rings. The number of carbonyl (C=O) groups is 1. The molecule has 2 aromatic rings. The van der Waals surface area contributed by atoms with E-state index in [2.05, 4.69) is 10.1 Å². The van der Waals surface area contributed by atoms with E-state index in [1.165, 1.54) is 23.8 Å². The molecule has 1 amide bonds. The van der Waals surface area contributed by atoms with Crippen molar-refractivity contribution in [1.29, 1.82) is 0 Å². The predicted molar refractivity (Wildman–Crippen MR) is 126 cm³/mol. The molecule has 2 heterocycles. The summed E-state index contributed by atoms with van der Waals surface area (Å²) in [6.45, 7) is 1.73. The van der Waals surface area contributed by atoms with Gasteiger partial charge in [-0.05, 0) is 30.5 Å². The first-order valence-corrected chi connectivity index (χ1v) is 11.6. The van der Waals surface area contributed by atoms with E-state index in [0.717, 1.165) is 37.7 Å². The second-order valence-electron chi connectivity index (χ2n) is 8.59. The molecule has 1 saturated carbocycles. The highest BCUT2D eigenvalue weighted by molar-refractivity contribution is 6.04. The number of aromatic hydroxyl groups is 1. The quantitative estimate of drug-likeness (QED) is 0.669. The molecule has 0 saturated heterocycles. The molecule has 4 rings (SSSR count). The lowest BCUT2D eigenvalue weighted by atomic mass is 9.95. The number of ether oxygens (including phenoxy) is 2. The summed E-state index contributed by atoms with van der Waals surface area (Å²) in [5.41, 5.74) is -0.415. The molecular weight excluding hydrogens is 440 g/mol. The van der Waals surface area contributed by atoms with Gasteiger partial charge in [0.15, 0.2) is 11.5 Å². The molecule has 182 valence electrons. The minimum absolute atomic E-state index is 0.0675. The normalized spacial score (nSPS) is 18.6. The van der Waals surface area contributed by atoms with Crippen LogP contribution >= 0.6 is 0 Å². The lowest BCUT2D eigenvalue weighted by molar-refractivity contribution is -0.132. The Kier molecular flexibility index (Phi) is 6.76. The third-order valence-corrected chi connectivity index (χ3v) is 6.61. The van der Waals surface area contributed by atoms with Gasteiger partial charge in [-0.1, -0.05) is 32.3 Å². The van der Waals surface area contributed by atoms with Crippen molar-refractivity contribution in [1.82, 2.24) is 14.6 Å². The minimum Gasteiger partial charge on any atom is -0.494 e. The Morgan fingerprint density at radius 2 is 1.85 bits per heavy atom. The van der Waals surface area contributed by atoms with Crippen LogP contribution in [0.15, 0.2) is 32.9 Å². The fourth-order valence-corrected chi connectivity index (χ4v) is 4.85. The summed E-state index contributed by atoms with van der Waals surface area (Å²) in [6.07, 6.45) is 4.89. The molecular formula is C24H30N4O6. The molecule has 0 unspecified atom stereocenters. The maximum Gasteiger partial charge on any atom is 0.331 e. The Morgan fingerprint density at radius 1 is 1.15 bits per heavy atom. The topological polar surface area (TPSA) is 126 Å². The van der Waals surface area contributed by atoms with Gasteiger partial charge in [0.1, 0.15) is 5.56 Å². The van der Waals surface area contributed by atoms with Crippen LogP contribution in [0.4, 0.5) is 0 Å². The summed E-state index contributed by atoms with van der Waals surface area (Å²) in [4.78, 5) is 40.5. The number of nitrogens with zero attached hydrogens (tertiary/aromatic N) is 3. The average Bonchev–Trinajstić information content (AvgIpc) is 3.28. The van der Waals surface area contributed by atoms with Crippen LogP contribution in [-0.4, -0.2) is 45.5 Å². The number of hydrazone groups is 1. The van der Waals surface area contributed by atoms with Gasteiger partial charge in [0.2, 0.25) is 11.8 Å². The van der Waals surface area contributed by atoms with Gasteiger partial charge in [0.05, 0.1) is 26.0 Å². The summed E-state index contributed by atoms with van der Waals surface area (Å²) < 4.78 is 12.0. The number of nitrogens with one attached hydrogen (secondary N) is 1. The van der Waals surface area contributed by atoms with E-state index in [9.17, 15) is 19.5 Å². The summed E-state index contributed by atoms with van der Waals surface area (Å²) >= 11 is 0. The van der Waals surface area contributed by atoms with Crippen molar-refractivity contribution >= 4 is 11.6 Å². The van der Waals surface area contributed by atoms with Gasteiger partial charge in [0.25, 0.3) is 5.56 Å². The van der Waals surface area contributed by atoms with Gasteiger partial charge < -0.3 is 14.6 Å². The second kappa shape index (κ2) is 9.74. The second-order valence-corrected chi connectivity index (χ2v) is 8.59. The summed E-state index contributed by atoms with van der Waals surface area (Å²) in [6, 6.07) is 4.64. The molecule has 1 aliphatic heterocycles. The summed E-state index contributed by atoms with van der Waals surface area (Å²) in [5, 5.41) is 16.9. The van der Waals surface area contributed by atoms with Gasteiger partial charge in [-0.3, -0.25) is 19.1 Å². The number of benzene rings is 1. The monoisotopic (exact) mass is 470 g/mol. The van der Waals surface area contributed by atoms with Crippen LogP contribution in [-0.2, 0) is 4.79 Å². The molecule has 1 atom stereocenters. The molecule has 0 radical (unpaired) electrons. The maximum atomic E-state index is 12.8. The van der Waals surface area contributed by atoms with E-state index in [4.69, 9.17) is 9.47 Å². The molecule has 2 N–H and O–H groups in total. The number of hydrogen-bond acceptors (Lipinski definition) is 7. The first-order valence-electron chi connectivity index (χ1n) is 11.6. The van der Waals surface area contributed by atoms with E-state index < -0.39 is 23.2 Å². The van der Waals surface area contributed by atoms with Crippen LogP contribution in [0.3, 0.4) is 0 Å². The number of hydrogen-bond donors (Lipinski definition) is 2. The van der Waals surface area contributed by atoms with Crippen molar-refractivity contribution in [3.63, 3.8) is 0 Å². The fourth-order valence-electron chi connectivity index (χ4n) is 4.85. The fraction of sp³-hybridized carbons (Fsp3) is 0.500. The Bertz CT molecular complexity index is 1220. The van der Waals surface area contributed by atoms with Crippen molar-refractivity contribution in [3.05, 3.63) is 50.2 Å². The largest absolute Gasteiger partial charge is 0.494 e. The zero-order chi connectivity index (χ0) is 24.4. The van der Waals surface area contributed by atoms with Gasteiger partial charge in [0, 0.05) is 18.9 Å². The molecule has 34 heavy (non-hydrogen) atoms. The van der Waals surface area contributed by atoms with E-state index in [1.54, 1.807) is 19.1 Å². The number of aromatic amines is 1. The smallest absolute Gasteiger partial charge is 0.331 e. The van der Waals surface area contributed by atoms with E-state index >= 15 is 0 Å². The lowest BCUT2D eigenvalue weighted by Gasteiger charge is -2.25. The zero-order valence-corrected chi connectivity index (χ0v) is 19.7. The van der Waals surface area contributed by atoms with Gasteiger partial charge in [-0.25, -0.2) is 9.80 Å². The highest BCUT2D eigenvalue weighted by Gasteiger charge is 2.36. The molecule has 10 nitrogen and oxygen atoms in total. The molecule has 0 bridgehead atoms. The Balaban J connectivity index is 1.78. The molecule has 1 aromatic heterocycles. The van der Waals surface area contributed by atoms with Gasteiger partial charge in [-0.15, -0.1) is 0 Å². The number of methoxy groups -OCH3 is 2. The van der Waals surface area contributed by atoms with Crippen molar-refractivity contribution in [2.24, 2.45) is 5.10 Å². The van der Waals surface area contributed by atoms with Crippen molar-refractivity contribution in [3.8, 4) is 17.4 Å². The molecule has 1 aromatic carbocycles. The summed E-state index contributed by atoms with van der Waals surface area (Å²) in [7, 11) is 3.07. The molecule has 2 aliphatic rings. The molecule has 10 heteroatoms. The SMILES string of the molecule is CCC(=O)N1N=C(c2c(O)n(C3CCCCC3)c(=O)[nH]c2=O)C[C@H]1c1ccc(OC)c(OC)c1. The Labute approximate surface area is 196 Å². The lowest BCUT2D eigenvalue weighted by Crippen LogP contribution is -2.36. The van der Waals surface area contributed by atoms with Crippen LogP contribution in [0.5, 0.6) is 17.4 Å². The van der Waals surface area contributed by atoms with E-state index in [0.29, 0.717) is 11.5 Å². The van der Waals surface area contributed by atoms with Crippen molar-refractivity contribution in [2.75, 3.05) is 14.2 Å². The first-order chi connectivity index (χ1) is 16.4. The summed E-state index contributed by atoms with van der Waals surface area (Å²) in [5.74, 6) is 0.429. The van der Waals surface area contributed by atoms with Crippen LogP contribution in [0.2, 0.25) is 0 Å². The predicted octanol–water partition coefficient (Wildman–Crippen LogP) is 2.85. The highest BCUT2D eigenvalue weighted by atomic mass is 16.5. The number of amides is 1. The maximum absolute atomic E-state index is 12.8. The van der Waals surface area contributed by atoms with E-state index in [-0.39, 0.29) is 36.1 Å². The standard InChI is InChI=1S/C24H30N4O6/c1-4-20(29)28-17(14-10-11-18(33-2)19(12-14)34-3)13-16(26-28)21-22(30)25-24(32)27(23(21)31)15-8-6-5-7-9-15/h10-12,15,17,31H,4-9,13H2,1-3H3,(H,25,30,32)/t17-/m0/s1. The highest BCUT2D eigenvalue weighted by Crippen LogP contribution is 2.38. The first kappa shape index (κ1) is 23.6. The Hall–Kier alpha value is -3.56. The number of aromatic nitrogens is 2. The Morgan fingerprint density at radius 3 is 2.50 bits per heavy atom. The van der Waals surface area contributed by atoms with E-state index in [1.807, 2.05) is 6.07 Å². The number of rotatable bonds is 6. The number of H-pyrrole nitrogens is 1. The molecule has 0 spiro atoms. The van der Waals surface area contributed by atoms with Gasteiger partial charge in [-0.2, -0.15) is 5.10 Å². The number of carbonyl (C=O) groups excluding carboxylic acids is 1. The van der Waals surface area contributed by atoms with Crippen LogP contribution in [0.25, 0.3) is 0 Å². The average molecular weight is 471 g/mol. The zero-order valence-electron chi connectivity index (χ0n) is 19.7. The van der Waals surface area contributed by atoms with Gasteiger partial charge >= 0.3 is 5.69 Å². The third-order valence-electron chi connectivity index (χ3n) is 6.61. The van der Waals surface area contributed by atoms with Crippen molar-refractivity contribution < 1.29 is 19.4 Å².